The van der Waals surface area contributed by atoms with Crippen molar-refractivity contribution in [2.24, 2.45) is 0 Å². The molecule has 10 heteroatoms. The molecule has 0 aliphatic carbocycles. The Hall–Kier alpha value is -3.43. The number of aliphatic hydroxyl groups excluding tert-OH is 2. The van der Waals surface area contributed by atoms with Gasteiger partial charge < -0.3 is 29.2 Å². The third kappa shape index (κ3) is 5.53. The minimum absolute atomic E-state index is 0.0426. The standard InChI is InChI=1S/C19H17BF3NO5/c1-24-10-17(25)28-20(29-18(26)11-24)15-5-7-16(8-6-15)27-12-13-3-2-4-14(9-13)19(21,22)23/h2-11,25-26H,12H2,1H3/b17-10-,18-11?. The number of alkyl halides is 3. The van der Waals surface area contributed by atoms with Crippen LogP contribution in [0.15, 0.2) is 72.8 Å². The number of benzene rings is 2. The average Bonchev–Trinajstić information content (AvgIpc) is 2.64. The van der Waals surface area contributed by atoms with Gasteiger partial charge in [0.15, 0.2) is 0 Å². The monoisotopic (exact) mass is 407 g/mol. The first-order valence-electron chi connectivity index (χ1n) is 8.46. The topological polar surface area (TPSA) is 71.4 Å². The van der Waals surface area contributed by atoms with E-state index < -0.39 is 30.7 Å². The van der Waals surface area contributed by atoms with Crippen molar-refractivity contribution in [3.05, 3.63) is 83.9 Å². The van der Waals surface area contributed by atoms with Crippen LogP contribution in [-0.4, -0.2) is 29.3 Å². The highest BCUT2D eigenvalue weighted by Crippen LogP contribution is 2.29. The molecule has 1 aliphatic heterocycles. The molecule has 0 amide bonds. The van der Waals surface area contributed by atoms with Crippen LogP contribution >= 0.6 is 0 Å². The molecule has 29 heavy (non-hydrogen) atoms. The Kier molecular flexibility index (Phi) is 5.81. The Balaban J connectivity index is 1.66. The van der Waals surface area contributed by atoms with E-state index in [-0.39, 0.29) is 6.61 Å². The molecule has 0 unspecified atom stereocenters. The molecule has 1 heterocycles. The van der Waals surface area contributed by atoms with E-state index in [1.807, 2.05) is 0 Å². The molecule has 0 atom stereocenters. The predicted octanol–water partition coefficient (Wildman–Crippen LogP) is 3.67. The second-order valence-electron chi connectivity index (χ2n) is 6.22. The molecular weight excluding hydrogens is 390 g/mol. The van der Waals surface area contributed by atoms with Crippen molar-refractivity contribution in [3.8, 4) is 5.75 Å². The summed E-state index contributed by atoms with van der Waals surface area (Å²) in [6.07, 6.45) is -1.92. The van der Waals surface area contributed by atoms with Gasteiger partial charge in [0.1, 0.15) is 12.4 Å². The van der Waals surface area contributed by atoms with Crippen LogP contribution in [0.5, 0.6) is 5.75 Å². The fraction of sp³-hybridized carbons (Fsp3) is 0.158. The van der Waals surface area contributed by atoms with Crippen LogP contribution in [0.1, 0.15) is 11.1 Å². The SMILES string of the molecule is CN1C=C(O)OB(c2ccc(OCc3cccc(C(F)(F)F)c3)cc2)O/C(O)=C\1. The zero-order chi connectivity index (χ0) is 21.0. The van der Waals surface area contributed by atoms with Crippen LogP contribution in [0.25, 0.3) is 0 Å². The fourth-order valence-corrected chi connectivity index (χ4v) is 2.55. The third-order valence-electron chi connectivity index (χ3n) is 3.90. The Morgan fingerprint density at radius 2 is 1.62 bits per heavy atom. The van der Waals surface area contributed by atoms with Crippen molar-refractivity contribution in [1.29, 1.82) is 0 Å². The molecule has 0 saturated carbocycles. The summed E-state index contributed by atoms with van der Waals surface area (Å²) in [6, 6.07) is 11.2. The van der Waals surface area contributed by atoms with Gasteiger partial charge >= 0.3 is 13.3 Å². The Morgan fingerprint density at radius 3 is 2.21 bits per heavy atom. The van der Waals surface area contributed by atoms with Crippen LogP contribution in [0.3, 0.4) is 0 Å². The summed E-state index contributed by atoms with van der Waals surface area (Å²) >= 11 is 0. The largest absolute Gasteiger partial charge is 0.636 e. The zero-order valence-electron chi connectivity index (χ0n) is 15.3. The molecule has 0 aromatic heterocycles. The van der Waals surface area contributed by atoms with Crippen LogP contribution in [0.2, 0.25) is 0 Å². The maximum atomic E-state index is 12.8. The smallest absolute Gasteiger partial charge is 0.494 e. The number of nitrogens with zero attached hydrogens (tertiary/aromatic N) is 1. The number of rotatable bonds is 4. The fourth-order valence-electron chi connectivity index (χ4n) is 2.55. The normalized spacial score (nSPS) is 16.6. The maximum Gasteiger partial charge on any atom is 0.636 e. The minimum Gasteiger partial charge on any atom is -0.494 e. The van der Waals surface area contributed by atoms with Crippen molar-refractivity contribution >= 4 is 12.6 Å². The highest BCUT2D eigenvalue weighted by molar-refractivity contribution is 6.61. The zero-order valence-corrected chi connectivity index (χ0v) is 15.3. The quantitative estimate of drug-likeness (QED) is 0.754. The Morgan fingerprint density at radius 1 is 1.00 bits per heavy atom. The number of aliphatic hydroxyl groups is 2. The Labute approximate surface area is 165 Å². The lowest BCUT2D eigenvalue weighted by atomic mass is 9.79. The summed E-state index contributed by atoms with van der Waals surface area (Å²) < 4.78 is 54.3. The minimum atomic E-state index is -4.41. The summed E-state index contributed by atoms with van der Waals surface area (Å²) in [6.45, 7) is -0.0426. The van der Waals surface area contributed by atoms with Gasteiger partial charge in [-0.15, -0.1) is 0 Å². The predicted molar refractivity (Wildman–Crippen MR) is 99.0 cm³/mol. The van der Waals surface area contributed by atoms with Crippen LogP contribution in [0, 0.1) is 0 Å². The third-order valence-corrected chi connectivity index (χ3v) is 3.90. The van der Waals surface area contributed by atoms with Crippen molar-refractivity contribution in [3.63, 3.8) is 0 Å². The number of hydrogen-bond acceptors (Lipinski definition) is 6. The molecule has 2 aromatic rings. The van der Waals surface area contributed by atoms with Gasteiger partial charge in [-0.2, -0.15) is 13.2 Å². The van der Waals surface area contributed by atoms with E-state index in [9.17, 15) is 23.4 Å². The van der Waals surface area contributed by atoms with E-state index in [2.05, 4.69) is 0 Å². The molecule has 2 aromatic carbocycles. The van der Waals surface area contributed by atoms with Gasteiger partial charge in [-0.25, -0.2) is 0 Å². The molecule has 0 saturated heterocycles. The molecule has 0 radical (unpaired) electrons. The second-order valence-corrected chi connectivity index (χ2v) is 6.22. The summed E-state index contributed by atoms with van der Waals surface area (Å²) in [7, 11) is 0.462. The summed E-state index contributed by atoms with van der Waals surface area (Å²) in [5, 5.41) is 19.5. The van der Waals surface area contributed by atoms with Crippen molar-refractivity contribution in [2.45, 2.75) is 12.8 Å². The van der Waals surface area contributed by atoms with Crippen LogP contribution in [-0.2, 0) is 22.1 Å². The molecule has 0 fully saturated rings. The van der Waals surface area contributed by atoms with E-state index >= 15 is 0 Å². The van der Waals surface area contributed by atoms with Gasteiger partial charge in [0.05, 0.1) is 18.0 Å². The summed E-state index contributed by atoms with van der Waals surface area (Å²) in [5.41, 5.74) is 0.115. The first-order valence-corrected chi connectivity index (χ1v) is 8.46. The van der Waals surface area contributed by atoms with E-state index in [0.29, 0.717) is 16.8 Å². The maximum absolute atomic E-state index is 12.8. The highest BCUT2D eigenvalue weighted by Gasteiger charge is 2.31. The van der Waals surface area contributed by atoms with Gasteiger partial charge in [0.25, 0.3) is 11.9 Å². The lowest BCUT2D eigenvalue weighted by molar-refractivity contribution is -0.137. The van der Waals surface area contributed by atoms with E-state index in [4.69, 9.17) is 14.0 Å². The van der Waals surface area contributed by atoms with Gasteiger partial charge in [-0.3, -0.25) is 0 Å². The molecule has 1 aliphatic rings. The molecule has 6 nitrogen and oxygen atoms in total. The molecule has 2 N–H and O–H groups in total. The molecule has 3 rings (SSSR count). The first kappa shape index (κ1) is 20.3. The highest BCUT2D eigenvalue weighted by atomic mass is 19.4. The van der Waals surface area contributed by atoms with Crippen LogP contribution < -0.4 is 10.2 Å². The lowest BCUT2D eigenvalue weighted by Crippen LogP contribution is -2.37. The second kappa shape index (κ2) is 8.30. The van der Waals surface area contributed by atoms with Crippen molar-refractivity contribution in [2.75, 3.05) is 7.05 Å². The van der Waals surface area contributed by atoms with Gasteiger partial charge in [-0.1, -0.05) is 24.3 Å². The number of halogens is 3. The van der Waals surface area contributed by atoms with Gasteiger partial charge in [-0.05, 0) is 29.8 Å². The van der Waals surface area contributed by atoms with E-state index in [0.717, 1.165) is 12.1 Å². The molecule has 152 valence electrons. The van der Waals surface area contributed by atoms with E-state index in [1.165, 1.54) is 23.4 Å². The first-order chi connectivity index (χ1) is 13.7. The van der Waals surface area contributed by atoms with E-state index in [1.54, 1.807) is 37.4 Å². The van der Waals surface area contributed by atoms with Gasteiger partial charge in [0, 0.05) is 12.5 Å². The molecular formula is C19H17BF3NO5. The summed E-state index contributed by atoms with van der Waals surface area (Å²) in [5.74, 6) is -0.409. The molecule has 0 spiro atoms. The summed E-state index contributed by atoms with van der Waals surface area (Å²) in [4.78, 5) is 1.35. The molecule has 0 bridgehead atoms. The van der Waals surface area contributed by atoms with Gasteiger partial charge in [0.2, 0.25) is 0 Å². The van der Waals surface area contributed by atoms with Crippen LogP contribution in [0.4, 0.5) is 13.2 Å². The Bertz CT molecular complexity index is 893. The lowest BCUT2D eigenvalue weighted by Gasteiger charge is -2.20. The van der Waals surface area contributed by atoms with Crippen molar-refractivity contribution in [1.82, 2.24) is 4.90 Å². The number of ether oxygens (including phenoxy) is 1. The average molecular weight is 407 g/mol. The van der Waals surface area contributed by atoms with Crippen molar-refractivity contribution < 1.29 is 37.4 Å². The number of hydrogen-bond donors (Lipinski definition) is 2.